The van der Waals surface area contributed by atoms with E-state index in [4.69, 9.17) is 4.74 Å². The number of nitrogens with one attached hydrogen (secondary N) is 1. The first kappa shape index (κ1) is 12.5. The van der Waals surface area contributed by atoms with Gasteiger partial charge in [0.25, 0.3) is 0 Å². The Morgan fingerprint density at radius 2 is 2.18 bits per heavy atom. The molecule has 1 N–H and O–H groups in total. The fourth-order valence-electron chi connectivity index (χ4n) is 2.01. The summed E-state index contributed by atoms with van der Waals surface area (Å²) in [4.78, 5) is 0.461. The lowest BCUT2D eigenvalue weighted by Gasteiger charge is -2.16. The van der Waals surface area contributed by atoms with Crippen molar-refractivity contribution in [3.8, 4) is 0 Å². The van der Waals surface area contributed by atoms with E-state index in [-0.39, 0.29) is 17.9 Å². The van der Waals surface area contributed by atoms with Gasteiger partial charge in [-0.05, 0) is 18.6 Å². The van der Waals surface area contributed by atoms with Crippen LogP contribution in [0.15, 0.2) is 29.2 Å². The Labute approximate surface area is 102 Å². The zero-order valence-corrected chi connectivity index (χ0v) is 10.8. The first-order chi connectivity index (χ1) is 8.04. The minimum atomic E-state index is -3.11. The van der Waals surface area contributed by atoms with Gasteiger partial charge in [0.2, 0.25) is 0 Å². The van der Waals surface area contributed by atoms with Crippen LogP contribution in [0.25, 0.3) is 0 Å². The molecule has 2 rings (SSSR count). The fraction of sp³-hybridized carbons (Fsp3) is 0.500. The first-order valence-corrected chi connectivity index (χ1v) is 7.27. The van der Waals surface area contributed by atoms with Crippen LogP contribution in [0.5, 0.6) is 0 Å². The molecule has 0 spiro atoms. The fourth-order valence-corrected chi connectivity index (χ4v) is 3.78. The molecule has 1 aliphatic rings. The molecule has 1 aromatic carbocycles. The van der Waals surface area contributed by atoms with Crippen LogP contribution < -0.4 is 5.32 Å². The van der Waals surface area contributed by atoms with Gasteiger partial charge >= 0.3 is 0 Å². The molecule has 0 bridgehead atoms. The van der Waals surface area contributed by atoms with Crippen LogP contribution in [0.1, 0.15) is 18.5 Å². The summed E-state index contributed by atoms with van der Waals surface area (Å²) in [5.74, 6) is 0.142. The predicted molar refractivity (Wildman–Crippen MR) is 65.7 cm³/mol. The van der Waals surface area contributed by atoms with Crippen LogP contribution in [-0.4, -0.2) is 33.9 Å². The van der Waals surface area contributed by atoms with Gasteiger partial charge < -0.3 is 10.1 Å². The van der Waals surface area contributed by atoms with Crippen LogP contribution in [0.4, 0.5) is 0 Å². The number of hydrogen-bond acceptors (Lipinski definition) is 4. The molecule has 0 radical (unpaired) electrons. The molecule has 0 aromatic heterocycles. The third kappa shape index (κ3) is 2.51. The minimum Gasteiger partial charge on any atom is -0.380 e. The summed E-state index contributed by atoms with van der Waals surface area (Å²) in [5, 5.41) is 3.24. The van der Waals surface area contributed by atoms with Gasteiger partial charge in [-0.1, -0.05) is 18.2 Å². The van der Waals surface area contributed by atoms with E-state index in [2.05, 4.69) is 5.32 Å². The Kier molecular flexibility index (Phi) is 3.51. The first-order valence-electron chi connectivity index (χ1n) is 5.62. The molecule has 0 aliphatic carbocycles. The van der Waals surface area contributed by atoms with Crippen molar-refractivity contribution in [3.63, 3.8) is 0 Å². The van der Waals surface area contributed by atoms with E-state index in [1.54, 1.807) is 19.2 Å². The van der Waals surface area contributed by atoms with Gasteiger partial charge in [-0.25, -0.2) is 8.42 Å². The molecule has 17 heavy (non-hydrogen) atoms. The van der Waals surface area contributed by atoms with Crippen molar-refractivity contribution in [3.05, 3.63) is 29.8 Å². The number of methoxy groups -OCH3 is 1. The Bertz CT molecular complexity index is 498. The highest BCUT2D eigenvalue weighted by Crippen LogP contribution is 2.32. The molecule has 5 heteroatoms. The summed E-state index contributed by atoms with van der Waals surface area (Å²) in [6, 6.07) is 7.06. The van der Waals surface area contributed by atoms with E-state index >= 15 is 0 Å². The monoisotopic (exact) mass is 255 g/mol. The molecule has 4 nitrogen and oxygen atoms in total. The topological polar surface area (TPSA) is 55.4 Å². The third-order valence-corrected chi connectivity index (χ3v) is 4.88. The Hall–Kier alpha value is -0.910. The predicted octanol–water partition coefficient (Wildman–Crippen LogP) is 1.14. The average molecular weight is 255 g/mol. The SMILES string of the molecule is COC(C)CNC1CS(=O)(=O)c2ccccc21. The molecule has 1 heterocycles. The molecule has 0 fully saturated rings. The highest BCUT2D eigenvalue weighted by Gasteiger charge is 2.33. The van der Waals surface area contributed by atoms with Gasteiger partial charge in [0.05, 0.1) is 16.8 Å². The maximum absolute atomic E-state index is 11.9. The van der Waals surface area contributed by atoms with Crippen molar-refractivity contribution in [1.29, 1.82) is 0 Å². The number of hydrogen-bond donors (Lipinski definition) is 1. The van der Waals surface area contributed by atoms with Gasteiger partial charge in [0.15, 0.2) is 9.84 Å². The Morgan fingerprint density at radius 3 is 2.88 bits per heavy atom. The molecule has 2 atom stereocenters. The standard InChI is InChI=1S/C12H17NO3S/c1-9(16-2)7-13-11-8-17(14,15)12-6-4-3-5-10(11)12/h3-6,9,11,13H,7-8H2,1-2H3. The van der Waals surface area contributed by atoms with Gasteiger partial charge in [-0.15, -0.1) is 0 Å². The zero-order chi connectivity index (χ0) is 12.5. The number of benzene rings is 1. The van der Waals surface area contributed by atoms with Crippen molar-refractivity contribution in [2.75, 3.05) is 19.4 Å². The average Bonchev–Trinajstić information content (AvgIpc) is 2.59. The van der Waals surface area contributed by atoms with Crippen LogP contribution in [0.2, 0.25) is 0 Å². The molecule has 2 unspecified atom stereocenters. The van der Waals surface area contributed by atoms with Gasteiger partial charge in [-0.2, -0.15) is 0 Å². The third-order valence-electron chi connectivity index (χ3n) is 3.07. The van der Waals surface area contributed by atoms with E-state index in [1.807, 2.05) is 19.1 Å². The zero-order valence-electron chi connectivity index (χ0n) is 10.0. The molecule has 0 amide bonds. The summed E-state index contributed by atoms with van der Waals surface area (Å²) < 4.78 is 29.0. The Morgan fingerprint density at radius 1 is 1.47 bits per heavy atom. The molecule has 0 saturated carbocycles. The summed E-state index contributed by atoms with van der Waals surface area (Å²) in [6.07, 6.45) is 0.0745. The van der Waals surface area contributed by atoms with Crippen molar-refractivity contribution >= 4 is 9.84 Å². The second-order valence-corrected chi connectivity index (χ2v) is 6.33. The van der Waals surface area contributed by atoms with Crippen LogP contribution in [-0.2, 0) is 14.6 Å². The molecule has 1 aromatic rings. The van der Waals surface area contributed by atoms with Crippen LogP contribution in [0, 0.1) is 0 Å². The lowest BCUT2D eigenvalue weighted by molar-refractivity contribution is 0.115. The minimum absolute atomic E-state index is 0.0745. The summed E-state index contributed by atoms with van der Waals surface area (Å²) in [5.41, 5.74) is 0.871. The van der Waals surface area contributed by atoms with E-state index in [0.717, 1.165) is 5.56 Å². The van der Waals surface area contributed by atoms with Crippen molar-refractivity contribution in [2.24, 2.45) is 0 Å². The second kappa shape index (κ2) is 4.76. The molecule has 94 valence electrons. The normalized spacial score (nSPS) is 23.3. The van der Waals surface area contributed by atoms with Gasteiger partial charge in [0, 0.05) is 19.7 Å². The van der Waals surface area contributed by atoms with Gasteiger partial charge in [0.1, 0.15) is 0 Å². The van der Waals surface area contributed by atoms with Crippen LogP contribution >= 0.6 is 0 Å². The van der Waals surface area contributed by atoms with E-state index in [9.17, 15) is 8.42 Å². The summed E-state index contributed by atoms with van der Waals surface area (Å²) in [6.45, 7) is 2.59. The molecule has 0 saturated heterocycles. The number of rotatable bonds is 4. The smallest absolute Gasteiger partial charge is 0.180 e. The second-order valence-electron chi connectivity index (χ2n) is 4.33. The number of fused-ring (bicyclic) bond motifs is 1. The van der Waals surface area contributed by atoms with Crippen molar-refractivity contribution in [2.45, 2.75) is 24.0 Å². The number of sulfone groups is 1. The molecule has 1 aliphatic heterocycles. The van der Waals surface area contributed by atoms with E-state index in [0.29, 0.717) is 11.4 Å². The van der Waals surface area contributed by atoms with Crippen molar-refractivity contribution in [1.82, 2.24) is 5.32 Å². The highest BCUT2D eigenvalue weighted by atomic mass is 32.2. The van der Waals surface area contributed by atoms with E-state index in [1.165, 1.54) is 0 Å². The summed E-state index contributed by atoms with van der Waals surface area (Å²) >= 11 is 0. The van der Waals surface area contributed by atoms with Gasteiger partial charge in [-0.3, -0.25) is 0 Å². The Balaban J connectivity index is 2.18. The van der Waals surface area contributed by atoms with E-state index < -0.39 is 9.84 Å². The molecular weight excluding hydrogens is 238 g/mol. The lowest BCUT2D eigenvalue weighted by atomic mass is 10.1. The van der Waals surface area contributed by atoms with Crippen LogP contribution in [0.3, 0.4) is 0 Å². The number of ether oxygens (including phenoxy) is 1. The maximum Gasteiger partial charge on any atom is 0.180 e. The highest BCUT2D eigenvalue weighted by molar-refractivity contribution is 7.91. The lowest BCUT2D eigenvalue weighted by Crippen LogP contribution is -2.30. The van der Waals surface area contributed by atoms with Crippen molar-refractivity contribution < 1.29 is 13.2 Å². The molecular formula is C12H17NO3S. The quantitative estimate of drug-likeness (QED) is 0.876. The largest absolute Gasteiger partial charge is 0.380 e. The summed E-state index contributed by atoms with van der Waals surface area (Å²) in [7, 11) is -1.47. The maximum atomic E-state index is 11.9.